The summed E-state index contributed by atoms with van der Waals surface area (Å²) in [5.74, 6) is 0. The van der Waals surface area contributed by atoms with Gasteiger partial charge in [0.2, 0.25) is 0 Å². The maximum absolute atomic E-state index is 3.77. The van der Waals surface area contributed by atoms with E-state index < -0.39 is 0 Å². The van der Waals surface area contributed by atoms with Gasteiger partial charge in [0.05, 0.1) is 0 Å². The standard InChI is InChI=1S/C20H32/c1-3-5-7-9-10-12-14-20-17-15-19(16-18-20)13-11-8-6-4-2/h4,15-18H,2-3,5-14H2,1H3. The zero-order chi connectivity index (χ0) is 14.5. The first-order valence-electron chi connectivity index (χ1n) is 8.55. The van der Waals surface area contributed by atoms with E-state index >= 15 is 0 Å². The molecule has 0 aromatic heterocycles. The predicted octanol–water partition coefficient (Wildman–Crippen LogP) is 6.49. The van der Waals surface area contributed by atoms with Gasteiger partial charge in [-0.15, -0.1) is 6.58 Å². The van der Waals surface area contributed by atoms with E-state index in [1.165, 1.54) is 75.3 Å². The first-order chi connectivity index (χ1) is 9.86. The minimum Gasteiger partial charge on any atom is -0.103 e. The molecule has 0 aliphatic heterocycles. The van der Waals surface area contributed by atoms with Crippen LogP contribution in [-0.4, -0.2) is 0 Å². The molecule has 0 unspecified atom stereocenters. The molecular formula is C20H32. The number of allylic oxidation sites excluding steroid dienone is 1. The number of benzene rings is 1. The van der Waals surface area contributed by atoms with Gasteiger partial charge in [-0.2, -0.15) is 0 Å². The van der Waals surface area contributed by atoms with Gasteiger partial charge in [-0.3, -0.25) is 0 Å². The van der Waals surface area contributed by atoms with Crippen LogP contribution >= 0.6 is 0 Å². The van der Waals surface area contributed by atoms with Crippen molar-refractivity contribution in [2.75, 3.05) is 0 Å². The molecule has 20 heavy (non-hydrogen) atoms. The summed E-state index contributed by atoms with van der Waals surface area (Å²) in [6.45, 7) is 6.05. The van der Waals surface area contributed by atoms with Crippen LogP contribution < -0.4 is 0 Å². The first-order valence-corrected chi connectivity index (χ1v) is 8.55. The molecule has 1 aromatic carbocycles. The molecule has 0 bridgehead atoms. The zero-order valence-electron chi connectivity index (χ0n) is 13.4. The summed E-state index contributed by atoms with van der Waals surface area (Å²) in [5, 5.41) is 0. The highest BCUT2D eigenvalue weighted by atomic mass is 14.0. The molecular weight excluding hydrogens is 240 g/mol. The Morgan fingerprint density at radius 1 is 0.750 bits per heavy atom. The molecule has 112 valence electrons. The second-order valence-electron chi connectivity index (χ2n) is 5.87. The first kappa shape index (κ1) is 17.0. The van der Waals surface area contributed by atoms with Crippen LogP contribution in [0.25, 0.3) is 0 Å². The van der Waals surface area contributed by atoms with Gasteiger partial charge >= 0.3 is 0 Å². The summed E-state index contributed by atoms with van der Waals surface area (Å²) in [7, 11) is 0. The summed E-state index contributed by atoms with van der Waals surface area (Å²) >= 11 is 0. The fraction of sp³-hybridized carbons (Fsp3) is 0.600. The molecule has 0 atom stereocenters. The quantitative estimate of drug-likeness (QED) is 0.301. The number of hydrogen-bond acceptors (Lipinski definition) is 0. The molecule has 0 heterocycles. The number of unbranched alkanes of at least 4 members (excludes halogenated alkanes) is 7. The van der Waals surface area contributed by atoms with Gasteiger partial charge < -0.3 is 0 Å². The average molecular weight is 272 g/mol. The molecule has 0 saturated carbocycles. The second-order valence-corrected chi connectivity index (χ2v) is 5.87. The summed E-state index contributed by atoms with van der Waals surface area (Å²) in [4.78, 5) is 0. The van der Waals surface area contributed by atoms with E-state index in [1.54, 1.807) is 0 Å². The monoisotopic (exact) mass is 272 g/mol. The minimum atomic E-state index is 1.15. The Hall–Kier alpha value is -1.04. The molecule has 0 N–H and O–H groups in total. The maximum Gasteiger partial charge on any atom is -0.0279 e. The fourth-order valence-corrected chi connectivity index (χ4v) is 2.60. The lowest BCUT2D eigenvalue weighted by Crippen LogP contribution is -1.89. The van der Waals surface area contributed by atoms with Gasteiger partial charge in [-0.05, 0) is 49.7 Å². The van der Waals surface area contributed by atoms with Crippen LogP contribution in [0.2, 0.25) is 0 Å². The molecule has 0 heteroatoms. The van der Waals surface area contributed by atoms with Gasteiger partial charge in [0.1, 0.15) is 0 Å². The van der Waals surface area contributed by atoms with Crippen molar-refractivity contribution in [1.29, 1.82) is 0 Å². The normalized spacial score (nSPS) is 10.7. The lowest BCUT2D eigenvalue weighted by molar-refractivity contribution is 0.607. The van der Waals surface area contributed by atoms with E-state index in [4.69, 9.17) is 0 Å². The van der Waals surface area contributed by atoms with Gasteiger partial charge in [-0.25, -0.2) is 0 Å². The van der Waals surface area contributed by atoms with E-state index in [2.05, 4.69) is 37.8 Å². The minimum absolute atomic E-state index is 1.15. The van der Waals surface area contributed by atoms with Gasteiger partial charge in [0.25, 0.3) is 0 Å². The molecule has 0 nitrogen and oxygen atoms in total. The fourth-order valence-electron chi connectivity index (χ4n) is 2.60. The SMILES string of the molecule is C=CCCCCc1ccc(CCCCCCCC)cc1. The van der Waals surface area contributed by atoms with E-state index in [-0.39, 0.29) is 0 Å². The Morgan fingerprint density at radius 2 is 1.25 bits per heavy atom. The van der Waals surface area contributed by atoms with Crippen molar-refractivity contribution in [3.05, 3.63) is 48.0 Å². The molecule has 1 rings (SSSR count). The third-order valence-electron chi connectivity index (χ3n) is 3.97. The Bertz CT molecular complexity index is 334. The van der Waals surface area contributed by atoms with Crippen molar-refractivity contribution in [3.8, 4) is 0 Å². The van der Waals surface area contributed by atoms with Crippen LogP contribution in [0, 0.1) is 0 Å². The van der Waals surface area contributed by atoms with Crippen LogP contribution in [0.4, 0.5) is 0 Å². The molecule has 0 amide bonds. The Morgan fingerprint density at radius 3 is 1.80 bits per heavy atom. The van der Waals surface area contributed by atoms with Crippen LogP contribution in [0.1, 0.15) is 75.8 Å². The zero-order valence-corrected chi connectivity index (χ0v) is 13.4. The number of rotatable bonds is 12. The van der Waals surface area contributed by atoms with Crippen molar-refractivity contribution in [2.45, 2.75) is 77.6 Å². The Kier molecular flexibility index (Phi) is 10.0. The largest absolute Gasteiger partial charge is 0.103 e. The predicted molar refractivity (Wildman–Crippen MR) is 91.3 cm³/mol. The van der Waals surface area contributed by atoms with Gasteiger partial charge in [-0.1, -0.05) is 69.4 Å². The highest BCUT2D eigenvalue weighted by molar-refractivity contribution is 5.22. The lowest BCUT2D eigenvalue weighted by atomic mass is 10.0. The third-order valence-corrected chi connectivity index (χ3v) is 3.97. The van der Waals surface area contributed by atoms with Gasteiger partial charge in [0, 0.05) is 0 Å². The molecule has 0 fully saturated rings. The number of aryl methyl sites for hydroxylation is 2. The molecule has 0 aliphatic rings. The lowest BCUT2D eigenvalue weighted by Gasteiger charge is -2.05. The van der Waals surface area contributed by atoms with Crippen molar-refractivity contribution in [3.63, 3.8) is 0 Å². The van der Waals surface area contributed by atoms with E-state index in [9.17, 15) is 0 Å². The number of hydrogen-bond donors (Lipinski definition) is 0. The van der Waals surface area contributed by atoms with Gasteiger partial charge in [0.15, 0.2) is 0 Å². The maximum atomic E-state index is 3.77. The third kappa shape index (κ3) is 8.19. The molecule has 0 aliphatic carbocycles. The molecule has 1 aromatic rings. The second kappa shape index (κ2) is 11.8. The average Bonchev–Trinajstić information content (AvgIpc) is 2.49. The molecule has 0 saturated heterocycles. The summed E-state index contributed by atoms with van der Waals surface area (Å²) in [6.07, 6.45) is 16.5. The highest BCUT2D eigenvalue weighted by Gasteiger charge is 1.96. The van der Waals surface area contributed by atoms with Crippen LogP contribution in [0.5, 0.6) is 0 Å². The van der Waals surface area contributed by atoms with E-state index in [0.29, 0.717) is 0 Å². The van der Waals surface area contributed by atoms with E-state index in [0.717, 1.165) is 6.42 Å². The summed E-state index contributed by atoms with van der Waals surface area (Å²) in [5.41, 5.74) is 3.00. The Labute approximate surface area is 126 Å². The van der Waals surface area contributed by atoms with Crippen molar-refractivity contribution >= 4 is 0 Å². The van der Waals surface area contributed by atoms with Crippen LogP contribution in [0.15, 0.2) is 36.9 Å². The van der Waals surface area contributed by atoms with Crippen molar-refractivity contribution < 1.29 is 0 Å². The smallest absolute Gasteiger partial charge is 0.0279 e. The molecule has 0 radical (unpaired) electrons. The van der Waals surface area contributed by atoms with Crippen LogP contribution in [0.3, 0.4) is 0 Å². The van der Waals surface area contributed by atoms with Crippen molar-refractivity contribution in [2.24, 2.45) is 0 Å². The highest BCUT2D eigenvalue weighted by Crippen LogP contribution is 2.13. The Balaban J connectivity index is 2.13. The summed E-state index contributed by atoms with van der Waals surface area (Å²) < 4.78 is 0. The van der Waals surface area contributed by atoms with E-state index in [1.807, 2.05) is 6.08 Å². The summed E-state index contributed by atoms with van der Waals surface area (Å²) in [6, 6.07) is 9.30. The topological polar surface area (TPSA) is 0 Å². The van der Waals surface area contributed by atoms with Crippen LogP contribution in [-0.2, 0) is 12.8 Å². The van der Waals surface area contributed by atoms with Crippen molar-refractivity contribution in [1.82, 2.24) is 0 Å². The molecule has 0 spiro atoms.